The van der Waals surface area contributed by atoms with E-state index in [1.165, 1.54) is 5.56 Å². The third-order valence-electron chi connectivity index (χ3n) is 3.74. The van der Waals surface area contributed by atoms with E-state index in [1.807, 2.05) is 18.2 Å². The maximum atomic E-state index is 9.55. The zero-order chi connectivity index (χ0) is 15.1. The Hall–Kier alpha value is -1.06. The van der Waals surface area contributed by atoms with Gasteiger partial charge in [-0.1, -0.05) is 45.9 Å². The lowest BCUT2D eigenvalue weighted by molar-refractivity contribution is 0.0870. The molecule has 0 heterocycles. The van der Waals surface area contributed by atoms with Crippen molar-refractivity contribution in [3.63, 3.8) is 0 Å². The molecule has 0 saturated carbocycles. The first-order chi connectivity index (χ1) is 9.49. The molecule has 1 rings (SSSR count). The monoisotopic (exact) mass is 279 g/mol. The van der Waals surface area contributed by atoms with Crippen LogP contribution in [0.4, 0.5) is 0 Å². The molecule has 0 bridgehead atoms. The third kappa shape index (κ3) is 4.80. The minimum absolute atomic E-state index is 0.0529. The van der Waals surface area contributed by atoms with Crippen LogP contribution in [0.5, 0.6) is 5.75 Å². The molecule has 3 heteroatoms. The SMILES string of the molecule is CCC(C)c1ccccc1OC(CO)C(N)CC(C)C. The van der Waals surface area contributed by atoms with Gasteiger partial charge in [0.05, 0.1) is 6.61 Å². The predicted octanol–water partition coefficient (Wildman–Crippen LogP) is 3.31. The molecule has 20 heavy (non-hydrogen) atoms. The van der Waals surface area contributed by atoms with E-state index in [9.17, 15) is 5.11 Å². The number of nitrogens with two attached hydrogens (primary N) is 1. The molecule has 0 aliphatic heterocycles. The molecule has 0 fully saturated rings. The van der Waals surface area contributed by atoms with Crippen molar-refractivity contribution in [1.29, 1.82) is 0 Å². The first-order valence-corrected chi connectivity index (χ1v) is 7.61. The van der Waals surface area contributed by atoms with E-state index in [0.29, 0.717) is 11.8 Å². The summed E-state index contributed by atoms with van der Waals surface area (Å²) in [7, 11) is 0. The quantitative estimate of drug-likeness (QED) is 0.767. The Morgan fingerprint density at radius 3 is 2.40 bits per heavy atom. The standard InChI is InChI=1S/C17H29NO2/c1-5-13(4)14-8-6-7-9-16(14)20-17(11-19)15(18)10-12(2)3/h6-9,12-13,15,17,19H,5,10-11,18H2,1-4H3. The summed E-state index contributed by atoms with van der Waals surface area (Å²) in [4.78, 5) is 0. The highest BCUT2D eigenvalue weighted by molar-refractivity contribution is 5.36. The predicted molar refractivity (Wildman–Crippen MR) is 84.1 cm³/mol. The summed E-state index contributed by atoms with van der Waals surface area (Å²) in [6, 6.07) is 7.89. The average Bonchev–Trinajstić information content (AvgIpc) is 2.43. The molecule has 3 N–H and O–H groups in total. The Kier molecular flexibility index (Phi) is 7.03. The average molecular weight is 279 g/mol. The molecule has 0 spiro atoms. The minimum atomic E-state index is -0.345. The fourth-order valence-electron chi connectivity index (χ4n) is 2.33. The van der Waals surface area contributed by atoms with Gasteiger partial charge in [0.1, 0.15) is 11.9 Å². The van der Waals surface area contributed by atoms with Gasteiger partial charge in [-0.3, -0.25) is 0 Å². The van der Waals surface area contributed by atoms with E-state index in [2.05, 4.69) is 33.8 Å². The van der Waals surface area contributed by atoms with E-state index in [4.69, 9.17) is 10.5 Å². The van der Waals surface area contributed by atoms with Gasteiger partial charge in [-0.15, -0.1) is 0 Å². The van der Waals surface area contributed by atoms with Crippen LogP contribution in [0.2, 0.25) is 0 Å². The third-order valence-corrected chi connectivity index (χ3v) is 3.74. The Morgan fingerprint density at radius 1 is 1.20 bits per heavy atom. The normalized spacial score (nSPS) is 15.9. The fraction of sp³-hybridized carbons (Fsp3) is 0.647. The summed E-state index contributed by atoms with van der Waals surface area (Å²) >= 11 is 0. The van der Waals surface area contributed by atoms with Crippen LogP contribution in [0.15, 0.2) is 24.3 Å². The van der Waals surface area contributed by atoms with Gasteiger partial charge < -0.3 is 15.6 Å². The molecule has 1 aromatic rings. The molecule has 0 aromatic heterocycles. The summed E-state index contributed by atoms with van der Waals surface area (Å²) in [6.45, 7) is 8.55. The Morgan fingerprint density at radius 2 is 1.85 bits per heavy atom. The summed E-state index contributed by atoms with van der Waals surface area (Å²) < 4.78 is 6.01. The van der Waals surface area contributed by atoms with Gasteiger partial charge in [-0.2, -0.15) is 0 Å². The number of para-hydroxylation sites is 1. The van der Waals surface area contributed by atoms with Crippen LogP contribution in [-0.4, -0.2) is 23.9 Å². The van der Waals surface area contributed by atoms with Gasteiger partial charge in [0, 0.05) is 6.04 Å². The second-order valence-electron chi connectivity index (χ2n) is 5.98. The smallest absolute Gasteiger partial charge is 0.137 e. The lowest BCUT2D eigenvalue weighted by Gasteiger charge is -2.26. The van der Waals surface area contributed by atoms with Crippen molar-refractivity contribution in [2.24, 2.45) is 11.7 Å². The number of ether oxygens (including phenoxy) is 1. The lowest BCUT2D eigenvalue weighted by Crippen LogP contribution is -2.42. The molecule has 1 aromatic carbocycles. The Labute approximate surface area is 123 Å². The molecule has 114 valence electrons. The van der Waals surface area contributed by atoms with Crippen LogP contribution < -0.4 is 10.5 Å². The van der Waals surface area contributed by atoms with E-state index in [0.717, 1.165) is 18.6 Å². The van der Waals surface area contributed by atoms with Crippen LogP contribution in [0, 0.1) is 5.92 Å². The van der Waals surface area contributed by atoms with Crippen LogP contribution in [0.3, 0.4) is 0 Å². The summed E-state index contributed by atoms with van der Waals surface area (Å²) in [5.41, 5.74) is 7.34. The highest BCUT2D eigenvalue weighted by Crippen LogP contribution is 2.29. The van der Waals surface area contributed by atoms with Gasteiger partial charge in [-0.05, 0) is 36.3 Å². The maximum absolute atomic E-state index is 9.55. The Balaban J connectivity index is 2.84. The molecule has 0 saturated heterocycles. The zero-order valence-corrected chi connectivity index (χ0v) is 13.2. The van der Waals surface area contributed by atoms with Crippen LogP contribution in [0.25, 0.3) is 0 Å². The van der Waals surface area contributed by atoms with Gasteiger partial charge in [0.25, 0.3) is 0 Å². The van der Waals surface area contributed by atoms with Crippen molar-refractivity contribution in [3.05, 3.63) is 29.8 Å². The summed E-state index contributed by atoms with van der Waals surface area (Å²) in [5.74, 6) is 1.78. The second kappa shape index (κ2) is 8.28. The van der Waals surface area contributed by atoms with Crippen molar-refractivity contribution in [3.8, 4) is 5.75 Å². The van der Waals surface area contributed by atoms with Gasteiger partial charge >= 0.3 is 0 Å². The molecular formula is C17H29NO2. The molecule has 0 amide bonds. The van der Waals surface area contributed by atoms with E-state index in [-0.39, 0.29) is 18.8 Å². The fourth-order valence-corrected chi connectivity index (χ4v) is 2.33. The lowest BCUT2D eigenvalue weighted by atomic mass is 9.97. The molecule has 3 atom stereocenters. The Bertz CT molecular complexity index is 392. The summed E-state index contributed by atoms with van der Waals surface area (Å²) in [6.07, 6.45) is 1.56. The number of benzene rings is 1. The molecule has 0 radical (unpaired) electrons. The van der Waals surface area contributed by atoms with Crippen LogP contribution >= 0.6 is 0 Å². The number of rotatable bonds is 8. The topological polar surface area (TPSA) is 55.5 Å². The first kappa shape index (κ1) is 17.0. The second-order valence-corrected chi connectivity index (χ2v) is 5.98. The minimum Gasteiger partial charge on any atom is -0.486 e. The van der Waals surface area contributed by atoms with Crippen molar-refractivity contribution in [2.45, 2.75) is 58.6 Å². The maximum Gasteiger partial charge on any atom is 0.137 e. The number of hydrogen-bond donors (Lipinski definition) is 2. The largest absolute Gasteiger partial charge is 0.486 e. The first-order valence-electron chi connectivity index (χ1n) is 7.61. The van der Waals surface area contributed by atoms with Crippen LogP contribution in [-0.2, 0) is 0 Å². The van der Waals surface area contributed by atoms with Crippen LogP contribution in [0.1, 0.15) is 52.0 Å². The highest BCUT2D eigenvalue weighted by Gasteiger charge is 2.21. The van der Waals surface area contributed by atoms with E-state index in [1.54, 1.807) is 0 Å². The molecular weight excluding hydrogens is 250 g/mol. The molecule has 0 aliphatic rings. The highest BCUT2D eigenvalue weighted by atomic mass is 16.5. The van der Waals surface area contributed by atoms with E-state index < -0.39 is 0 Å². The molecule has 3 nitrogen and oxygen atoms in total. The number of hydrogen-bond acceptors (Lipinski definition) is 3. The van der Waals surface area contributed by atoms with Gasteiger partial charge in [0.2, 0.25) is 0 Å². The van der Waals surface area contributed by atoms with Crippen molar-refractivity contribution in [1.82, 2.24) is 0 Å². The van der Waals surface area contributed by atoms with Crippen molar-refractivity contribution < 1.29 is 9.84 Å². The van der Waals surface area contributed by atoms with Gasteiger partial charge in [-0.25, -0.2) is 0 Å². The van der Waals surface area contributed by atoms with E-state index >= 15 is 0 Å². The molecule has 0 aliphatic carbocycles. The van der Waals surface area contributed by atoms with Crippen molar-refractivity contribution in [2.75, 3.05) is 6.61 Å². The van der Waals surface area contributed by atoms with Gasteiger partial charge in [0.15, 0.2) is 0 Å². The number of aliphatic hydroxyl groups is 1. The zero-order valence-electron chi connectivity index (χ0n) is 13.2. The summed E-state index contributed by atoms with van der Waals surface area (Å²) in [5, 5.41) is 9.55. The molecule has 3 unspecified atom stereocenters. The number of aliphatic hydroxyl groups excluding tert-OH is 1. The van der Waals surface area contributed by atoms with Crippen molar-refractivity contribution >= 4 is 0 Å².